The monoisotopic (exact) mass is 318 g/mol. The fourth-order valence-electron chi connectivity index (χ4n) is 2.94. The number of benzene rings is 1. The molecule has 2 aliphatic heterocycles. The number of morpholine rings is 1. The van der Waals surface area contributed by atoms with Crippen LogP contribution in [0.3, 0.4) is 0 Å². The second-order valence-corrected chi connectivity index (χ2v) is 5.72. The maximum absolute atomic E-state index is 12.6. The molecule has 1 aromatic rings. The Morgan fingerprint density at radius 1 is 1.26 bits per heavy atom. The van der Waals surface area contributed by atoms with Crippen LogP contribution in [0.15, 0.2) is 24.3 Å². The molecule has 0 bridgehead atoms. The van der Waals surface area contributed by atoms with Gasteiger partial charge in [0.1, 0.15) is 5.75 Å². The number of carbonyl (C=O) groups is 2. The van der Waals surface area contributed by atoms with E-state index in [-0.39, 0.29) is 11.8 Å². The topological polar surface area (TPSA) is 59.1 Å². The lowest BCUT2D eigenvalue weighted by molar-refractivity contribution is -0.135. The first-order valence-corrected chi connectivity index (χ1v) is 8.13. The molecule has 23 heavy (non-hydrogen) atoms. The number of para-hydroxylation sites is 2. The SMILES string of the molecule is CCC1Oc2ccccc2N(CCC(=O)N2CCOCC2)C1=O. The van der Waals surface area contributed by atoms with Gasteiger partial charge in [0.05, 0.1) is 18.9 Å². The Morgan fingerprint density at radius 3 is 2.74 bits per heavy atom. The smallest absolute Gasteiger partial charge is 0.268 e. The summed E-state index contributed by atoms with van der Waals surface area (Å²) in [6, 6.07) is 7.48. The first kappa shape index (κ1) is 15.8. The molecule has 0 aromatic heterocycles. The van der Waals surface area contributed by atoms with E-state index in [2.05, 4.69) is 0 Å². The van der Waals surface area contributed by atoms with Crippen LogP contribution in [0.1, 0.15) is 19.8 Å². The van der Waals surface area contributed by atoms with Crippen LogP contribution in [0.4, 0.5) is 5.69 Å². The summed E-state index contributed by atoms with van der Waals surface area (Å²) in [5.41, 5.74) is 0.747. The Balaban J connectivity index is 1.70. The Hall–Kier alpha value is -2.08. The van der Waals surface area contributed by atoms with Crippen molar-refractivity contribution in [2.45, 2.75) is 25.9 Å². The molecule has 1 unspecified atom stereocenters. The molecule has 3 rings (SSSR count). The molecule has 2 heterocycles. The van der Waals surface area contributed by atoms with E-state index in [9.17, 15) is 9.59 Å². The number of nitrogens with zero attached hydrogens (tertiary/aromatic N) is 2. The van der Waals surface area contributed by atoms with Crippen LogP contribution in [0.25, 0.3) is 0 Å². The fourth-order valence-corrected chi connectivity index (χ4v) is 2.94. The molecule has 124 valence electrons. The lowest BCUT2D eigenvalue weighted by Gasteiger charge is -2.34. The van der Waals surface area contributed by atoms with Crippen molar-refractivity contribution in [1.29, 1.82) is 0 Å². The van der Waals surface area contributed by atoms with Crippen LogP contribution >= 0.6 is 0 Å². The number of amides is 2. The van der Waals surface area contributed by atoms with E-state index in [0.29, 0.717) is 51.4 Å². The predicted octanol–water partition coefficient (Wildman–Crippen LogP) is 1.44. The minimum absolute atomic E-state index is 0.0677. The third-order valence-electron chi connectivity index (χ3n) is 4.25. The van der Waals surface area contributed by atoms with Crippen molar-refractivity contribution in [3.8, 4) is 5.75 Å². The van der Waals surface area contributed by atoms with Gasteiger partial charge in [-0.25, -0.2) is 0 Å². The molecule has 0 aliphatic carbocycles. The van der Waals surface area contributed by atoms with Gasteiger partial charge in [0.2, 0.25) is 5.91 Å². The van der Waals surface area contributed by atoms with Crippen LogP contribution < -0.4 is 9.64 Å². The summed E-state index contributed by atoms with van der Waals surface area (Å²) in [6.45, 7) is 4.74. The normalized spacial score (nSPS) is 20.9. The number of hydrogen-bond acceptors (Lipinski definition) is 4. The number of fused-ring (bicyclic) bond motifs is 1. The number of rotatable bonds is 4. The maximum atomic E-state index is 12.6. The van der Waals surface area contributed by atoms with Crippen molar-refractivity contribution in [3.63, 3.8) is 0 Å². The summed E-state index contributed by atoms with van der Waals surface area (Å²) in [6.07, 6.45) is 0.459. The highest BCUT2D eigenvalue weighted by molar-refractivity contribution is 6.00. The second-order valence-electron chi connectivity index (χ2n) is 5.72. The van der Waals surface area contributed by atoms with Gasteiger partial charge < -0.3 is 19.3 Å². The lowest BCUT2D eigenvalue weighted by atomic mass is 10.1. The summed E-state index contributed by atoms with van der Waals surface area (Å²) in [7, 11) is 0. The lowest BCUT2D eigenvalue weighted by Crippen LogP contribution is -2.47. The van der Waals surface area contributed by atoms with Gasteiger partial charge in [0.15, 0.2) is 6.10 Å². The molecule has 2 amide bonds. The quantitative estimate of drug-likeness (QED) is 0.843. The number of carbonyl (C=O) groups excluding carboxylic acids is 2. The van der Waals surface area contributed by atoms with Crippen LogP contribution in [-0.2, 0) is 14.3 Å². The molecule has 0 radical (unpaired) electrons. The van der Waals surface area contributed by atoms with Crippen molar-refractivity contribution in [2.75, 3.05) is 37.7 Å². The molecule has 1 atom stereocenters. The first-order chi connectivity index (χ1) is 11.2. The number of anilines is 1. The summed E-state index contributed by atoms with van der Waals surface area (Å²) < 4.78 is 11.0. The minimum atomic E-state index is -0.469. The summed E-state index contributed by atoms with van der Waals surface area (Å²) >= 11 is 0. The number of hydrogen-bond donors (Lipinski definition) is 0. The Bertz CT molecular complexity index is 584. The zero-order valence-electron chi connectivity index (χ0n) is 13.4. The first-order valence-electron chi connectivity index (χ1n) is 8.13. The molecular formula is C17H22N2O4. The van der Waals surface area contributed by atoms with Crippen molar-refractivity contribution >= 4 is 17.5 Å². The van der Waals surface area contributed by atoms with Gasteiger partial charge in [-0.05, 0) is 18.6 Å². The molecule has 6 nitrogen and oxygen atoms in total. The summed E-state index contributed by atoms with van der Waals surface area (Å²) in [5, 5.41) is 0. The van der Waals surface area contributed by atoms with Gasteiger partial charge in [-0.2, -0.15) is 0 Å². The van der Waals surface area contributed by atoms with E-state index in [1.54, 1.807) is 9.80 Å². The third-order valence-corrected chi connectivity index (χ3v) is 4.25. The van der Waals surface area contributed by atoms with Crippen molar-refractivity contribution in [3.05, 3.63) is 24.3 Å². The van der Waals surface area contributed by atoms with Gasteiger partial charge in [0.25, 0.3) is 5.91 Å². The molecule has 0 N–H and O–H groups in total. The highest BCUT2D eigenvalue weighted by Gasteiger charge is 2.33. The summed E-state index contributed by atoms with van der Waals surface area (Å²) in [4.78, 5) is 28.4. The standard InChI is InChI=1S/C17H22N2O4/c1-2-14-17(21)19(13-5-3-4-6-15(13)23-14)8-7-16(20)18-9-11-22-12-10-18/h3-6,14H,2,7-12H2,1H3. The second kappa shape index (κ2) is 7.00. The zero-order valence-corrected chi connectivity index (χ0v) is 13.4. The predicted molar refractivity (Wildman–Crippen MR) is 85.5 cm³/mol. The van der Waals surface area contributed by atoms with Crippen molar-refractivity contribution in [2.24, 2.45) is 0 Å². The molecule has 6 heteroatoms. The van der Waals surface area contributed by atoms with E-state index < -0.39 is 6.10 Å². The minimum Gasteiger partial charge on any atom is -0.478 e. The third kappa shape index (κ3) is 3.32. The highest BCUT2D eigenvalue weighted by Crippen LogP contribution is 2.34. The average molecular weight is 318 g/mol. The van der Waals surface area contributed by atoms with Gasteiger partial charge in [-0.3, -0.25) is 9.59 Å². The van der Waals surface area contributed by atoms with Gasteiger partial charge >= 0.3 is 0 Å². The van der Waals surface area contributed by atoms with Crippen LogP contribution in [-0.4, -0.2) is 55.7 Å². The van der Waals surface area contributed by atoms with Crippen LogP contribution in [0, 0.1) is 0 Å². The Kier molecular flexibility index (Phi) is 4.81. The molecular weight excluding hydrogens is 296 g/mol. The molecule has 1 fully saturated rings. The largest absolute Gasteiger partial charge is 0.478 e. The highest BCUT2D eigenvalue weighted by atomic mass is 16.5. The number of ether oxygens (including phenoxy) is 2. The molecule has 1 saturated heterocycles. The van der Waals surface area contributed by atoms with Gasteiger partial charge in [0, 0.05) is 26.1 Å². The maximum Gasteiger partial charge on any atom is 0.268 e. The van der Waals surface area contributed by atoms with E-state index in [1.165, 1.54) is 0 Å². The fraction of sp³-hybridized carbons (Fsp3) is 0.529. The van der Waals surface area contributed by atoms with E-state index >= 15 is 0 Å². The Labute approximate surface area is 136 Å². The van der Waals surface area contributed by atoms with E-state index in [1.807, 2.05) is 31.2 Å². The zero-order chi connectivity index (χ0) is 16.2. The van der Waals surface area contributed by atoms with Crippen molar-refractivity contribution < 1.29 is 19.1 Å². The molecule has 0 saturated carbocycles. The summed E-state index contributed by atoms with van der Waals surface area (Å²) in [5.74, 6) is 0.705. The Morgan fingerprint density at radius 2 is 2.00 bits per heavy atom. The van der Waals surface area contributed by atoms with E-state index in [4.69, 9.17) is 9.47 Å². The van der Waals surface area contributed by atoms with Crippen molar-refractivity contribution in [1.82, 2.24) is 4.90 Å². The van der Waals surface area contributed by atoms with Gasteiger partial charge in [-0.15, -0.1) is 0 Å². The van der Waals surface area contributed by atoms with E-state index in [0.717, 1.165) is 5.69 Å². The molecule has 2 aliphatic rings. The van der Waals surface area contributed by atoms with Gasteiger partial charge in [-0.1, -0.05) is 19.1 Å². The van der Waals surface area contributed by atoms with Crippen LogP contribution in [0.2, 0.25) is 0 Å². The molecule has 0 spiro atoms. The van der Waals surface area contributed by atoms with Crippen LogP contribution in [0.5, 0.6) is 5.75 Å². The molecule has 1 aromatic carbocycles. The average Bonchev–Trinajstić information content (AvgIpc) is 2.61.